The van der Waals surface area contributed by atoms with E-state index in [1.807, 2.05) is 18.2 Å². The molecule has 0 aromatic heterocycles. The smallest absolute Gasteiger partial charge is 0.142 e. The van der Waals surface area contributed by atoms with Crippen molar-refractivity contribution in [1.82, 2.24) is 4.90 Å². The van der Waals surface area contributed by atoms with Gasteiger partial charge < -0.3 is 30.3 Å². The van der Waals surface area contributed by atoms with Gasteiger partial charge in [-0.15, -0.1) is 37.2 Å². The maximum atomic E-state index is 10.5. The van der Waals surface area contributed by atoms with Gasteiger partial charge in [0.15, 0.2) is 0 Å². The summed E-state index contributed by atoms with van der Waals surface area (Å²) in [4.78, 5) is 4.52. The first-order valence-corrected chi connectivity index (χ1v) is 8.46. The molecule has 2 fully saturated rings. The largest absolute Gasteiger partial charge is 0.495 e. The van der Waals surface area contributed by atoms with Crippen LogP contribution in [0.25, 0.3) is 0 Å². The van der Waals surface area contributed by atoms with Crippen molar-refractivity contribution in [2.45, 2.75) is 24.4 Å². The van der Waals surface area contributed by atoms with E-state index in [0.717, 1.165) is 37.6 Å². The van der Waals surface area contributed by atoms with Crippen LogP contribution in [0.3, 0.4) is 0 Å². The molecular formula is C17H30Cl3N3O4. The van der Waals surface area contributed by atoms with Crippen molar-refractivity contribution in [3.63, 3.8) is 0 Å². The maximum Gasteiger partial charge on any atom is 0.142 e. The molecule has 27 heavy (non-hydrogen) atoms. The van der Waals surface area contributed by atoms with Gasteiger partial charge in [-0.25, -0.2) is 0 Å². The normalized spacial score (nSPS) is 27.9. The highest BCUT2D eigenvalue weighted by atomic mass is 35.5. The second-order valence-corrected chi connectivity index (χ2v) is 6.31. The van der Waals surface area contributed by atoms with Crippen molar-refractivity contribution < 1.29 is 19.7 Å². The average molecular weight is 447 g/mol. The van der Waals surface area contributed by atoms with Crippen LogP contribution in [0.15, 0.2) is 24.3 Å². The molecule has 7 nitrogen and oxygen atoms in total. The third kappa shape index (κ3) is 5.52. The lowest BCUT2D eigenvalue weighted by Gasteiger charge is -2.41. The van der Waals surface area contributed by atoms with E-state index in [2.05, 4.69) is 15.9 Å². The predicted octanol–water partition coefficient (Wildman–Crippen LogP) is 0.530. The Kier molecular flexibility index (Phi) is 11.9. The number of anilines is 1. The number of halogens is 3. The van der Waals surface area contributed by atoms with Crippen molar-refractivity contribution in [2.24, 2.45) is 5.73 Å². The SMILES string of the molecule is COc1ccccc1N1CCN([C@@H]2[C@H](O)[C@H](CO)O[C@@H]2CN)CC1.Cl.Cl.Cl. The van der Waals surface area contributed by atoms with Gasteiger partial charge in [-0.1, -0.05) is 12.1 Å². The Bertz CT molecular complexity index is 548. The van der Waals surface area contributed by atoms with Gasteiger partial charge in [0.25, 0.3) is 0 Å². The minimum atomic E-state index is -0.707. The molecule has 0 radical (unpaired) electrons. The number of rotatable bonds is 5. The van der Waals surface area contributed by atoms with Crippen molar-refractivity contribution in [3.8, 4) is 5.75 Å². The molecule has 0 amide bonds. The van der Waals surface area contributed by atoms with Gasteiger partial charge >= 0.3 is 0 Å². The Morgan fingerprint density at radius 1 is 1.11 bits per heavy atom. The van der Waals surface area contributed by atoms with E-state index >= 15 is 0 Å². The molecule has 2 aliphatic rings. The number of piperazine rings is 1. The zero-order valence-corrected chi connectivity index (χ0v) is 17.7. The zero-order chi connectivity index (χ0) is 17.1. The third-order valence-electron chi connectivity index (χ3n) is 5.04. The third-order valence-corrected chi connectivity index (χ3v) is 5.04. The lowest BCUT2D eigenvalue weighted by Crippen LogP contribution is -2.57. The summed E-state index contributed by atoms with van der Waals surface area (Å²) < 4.78 is 11.1. The monoisotopic (exact) mass is 445 g/mol. The van der Waals surface area contributed by atoms with Gasteiger partial charge in [-0.2, -0.15) is 0 Å². The first kappa shape index (κ1) is 26.5. The van der Waals surface area contributed by atoms with E-state index in [0.29, 0.717) is 6.54 Å². The number of para-hydroxylation sites is 2. The molecule has 4 N–H and O–H groups in total. The molecule has 0 bridgehead atoms. The Morgan fingerprint density at radius 2 is 1.74 bits per heavy atom. The Balaban J connectivity index is 0.00000225. The minimum absolute atomic E-state index is 0. The molecule has 0 unspecified atom stereocenters. The van der Waals surface area contributed by atoms with Gasteiger partial charge in [0.05, 0.1) is 31.5 Å². The summed E-state index contributed by atoms with van der Waals surface area (Å²) in [5, 5.41) is 19.8. The number of aliphatic hydroxyl groups excluding tert-OH is 2. The summed E-state index contributed by atoms with van der Waals surface area (Å²) in [7, 11) is 1.68. The van der Waals surface area contributed by atoms with E-state index in [1.165, 1.54) is 0 Å². The number of hydrogen-bond acceptors (Lipinski definition) is 7. The van der Waals surface area contributed by atoms with Crippen LogP contribution in [-0.4, -0.2) is 85.9 Å². The van der Waals surface area contributed by atoms with E-state index in [9.17, 15) is 10.2 Å². The summed E-state index contributed by atoms with van der Waals surface area (Å²) in [6.07, 6.45) is -1.49. The standard InChI is InChI=1S/C17H27N3O4.3ClH/c1-23-13-5-3-2-4-12(13)19-6-8-20(9-7-19)16-14(10-18)24-15(11-21)17(16)22;;;/h2-5,14-17,21-22H,6-11,18H2,1H3;3*1H/t14-,15+,16+,17-;;;/m1.../s1. The fraction of sp³-hybridized carbons (Fsp3) is 0.647. The van der Waals surface area contributed by atoms with E-state index in [-0.39, 0.29) is 56.0 Å². The molecule has 158 valence electrons. The van der Waals surface area contributed by atoms with E-state index in [4.69, 9.17) is 15.2 Å². The molecule has 3 rings (SSSR count). The summed E-state index contributed by atoms with van der Waals surface area (Å²) in [6.45, 7) is 3.44. The van der Waals surface area contributed by atoms with Gasteiger partial charge in [0.1, 0.15) is 18.0 Å². The van der Waals surface area contributed by atoms with Gasteiger partial charge in [0, 0.05) is 32.7 Å². The van der Waals surface area contributed by atoms with Crippen molar-refractivity contribution in [3.05, 3.63) is 24.3 Å². The molecular weight excluding hydrogens is 417 g/mol. The van der Waals surface area contributed by atoms with Crippen molar-refractivity contribution in [1.29, 1.82) is 0 Å². The summed E-state index contributed by atoms with van der Waals surface area (Å²) >= 11 is 0. The van der Waals surface area contributed by atoms with Crippen LogP contribution in [0.5, 0.6) is 5.75 Å². The Labute approximate surface area is 179 Å². The second-order valence-electron chi connectivity index (χ2n) is 6.31. The van der Waals surface area contributed by atoms with Gasteiger partial charge in [-0.3, -0.25) is 4.90 Å². The van der Waals surface area contributed by atoms with Crippen LogP contribution in [-0.2, 0) is 4.74 Å². The predicted molar refractivity (Wildman–Crippen MR) is 113 cm³/mol. The number of nitrogens with zero attached hydrogens (tertiary/aromatic N) is 2. The molecule has 0 spiro atoms. The topological polar surface area (TPSA) is 91.4 Å². The molecule has 1 aromatic rings. The second kappa shape index (κ2) is 12.1. The molecule has 2 saturated heterocycles. The fourth-order valence-corrected chi connectivity index (χ4v) is 3.77. The molecule has 0 aliphatic carbocycles. The number of benzene rings is 1. The molecule has 2 heterocycles. The Morgan fingerprint density at radius 3 is 2.30 bits per heavy atom. The summed E-state index contributed by atoms with van der Waals surface area (Å²) in [5.74, 6) is 0.871. The highest BCUT2D eigenvalue weighted by Gasteiger charge is 2.46. The molecule has 10 heteroatoms. The van der Waals surface area contributed by atoms with Gasteiger partial charge in [-0.05, 0) is 12.1 Å². The summed E-state index contributed by atoms with van der Waals surface area (Å²) in [6, 6.07) is 7.84. The highest BCUT2D eigenvalue weighted by Crippen LogP contribution is 2.30. The number of nitrogens with two attached hydrogens (primary N) is 1. The number of ether oxygens (including phenoxy) is 2. The lowest BCUT2D eigenvalue weighted by atomic mass is 10.0. The van der Waals surface area contributed by atoms with Crippen LogP contribution in [0.2, 0.25) is 0 Å². The van der Waals surface area contributed by atoms with E-state index < -0.39 is 12.2 Å². The quantitative estimate of drug-likeness (QED) is 0.608. The molecule has 2 aliphatic heterocycles. The molecule has 1 aromatic carbocycles. The molecule has 0 saturated carbocycles. The van der Waals surface area contributed by atoms with Crippen molar-refractivity contribution in [2.75, 3.05) is 51.3 Å². The van der Waals surface area contributed by atoms with Crippen LogP contribution >= 0.6 is 37.2 Å². The fourth-order valence-electron chi connectivity index (χ4n) is 3.77. The van der Waals surface area contributed by atoms with Crippen LogP contribution in [0.1, 0.15) is 0 Å². The summed E-state index contributed by atoms with van der Waals surface area (Å²) in [5.41, 5.74) is 6.88. The van der Waals surface area contributed by atoms with Gasteiger partial charge in [0.2, 0.25) is 0 Å². The number of aliphatic hydroxyl groups is 2. The number of methoxy groups -OCH3 is 1. The first-order chi connectivity index (χ1) is 11.7. The first-order valence-electron chi connectivity index (χ1n) is 8.46. The van der Waals surface area contributed by atoms with Crippen LogP contribution in [0, 0.1) is 0 Å². The van der Waals surface area contributed by atoms with Crippen LogP contribution < -0.4 is 15.4 Å². The molecule has 4 atom stereocenters. The number of hydrogen-bond donors (Lipinski definition) is 3. The van der Waals surface area contributed by atoms with Crippen LogP contribution in [0.4, 0.5) is 5.69 Å². The lowest BCUT2D eigenvalue weighted by molar-refractivity contribution is -0.0193. The Hall–Kier alpha value is -0.510. The zero-order valence-electron chi connectivity index (χ0n) is 15.3. The maximum absolute atomic E-state index is 10.5. The average Bonchev–Trinajstić information content (AvgIpc) is 2.97. The van der Waals surface area contributed by atoms with E-state index in [1.54, 1.807) is 7.11 Å². The highest BCUT2D eigenvalue weighted by molar-refractivity contribution is 5.86. The van der Waals surface area contributed by atoms with Crippen molar-refractivity contribution >= 4 is 42.9 Å². The minimum Gasteiger partial charge on any atom is -0.495 e.